The van der Waals surface area contributed by atoms with Crippen LogP contribution in [0.25, 0.3) is 10.9 Å². The second kappa shape index (κ2) is 18.8. The molecule has 2 aliphatic heterocycles. The van der Waals surface area contributed by atoms with Gasteiger partial charge in [0.1, 0.15) is 11.5 Å². The summed E-state index contributed by atoms with van der Waals surface area (Å²) in [6.07, 6.45) is 2.51. The maximum Gasteiger partial charge on any atom is 0.347 e. The van der Waals surface area contributed by atoms with Crippen LogP contribution >= 0.6 is 0 Å². The molecule has 4 aromatic carbocycles. The van der Waals surface area contributed by atoms with Crippen molar-refractivity contribution in [1.82, 2.24) is 20.1 Å². The average molecular weight is 789 g/mol. The normalized spacial score (nSPS) is 17.1. The number of rotatable bonds is 15. The molecule has 0 bridgehead atoms. The first-order chi connectivity index (χ1) is 28.2. The summed E-state index contributed by atoms with van der Waals surface area (Å²) in [4.78, 5) is 45.6. The van der Waals surface area contributed by atoms with Crippen molar-refractivity contribution in [2.45, 2.75) is 43.9 Å². The Morgan fingerprint density at radius 1 is 0.828 bits per heavy atom. The highest BCUT2D eigenvalue weighted by Gasteiger charge is 2.42. The highest BCUT2D eigenvalue weighted by atomic mass is 16.5. The van der Waals surface area contributed by atoms with Crippen LogP contribution in [0, 0.1) is 11.8 Å². The number of piperidine rings is 2. The SMILES string of the molecule is O=C(COc1cccc(C(O)(C(=O)OCC2CCN(Cc3ccccc3)CC2)c2ccccc2)c1)N1CCC(CNCC(O)c2ccc(O)c3[nH]c(=O)ccc23)CC1. The summed E-state index contributed by atoms with van der Waals surface area (Å²) in [6, 6.07) is 31.9. The predicted molar refractivity (Wildman–Crippen MR) is 220 cm³/mol. The summed E-state index contributed by atoms with van der Waals surface area (Å²) in [7, 11) is 0. The molecule has 0 aliphatic carbocycles. The van der Waals surface area contributed by atoms with Gasteiger partial charge in [0.2, 0.25) is 11.2 Å². The third-order valence-electron chi connectivity index (χ3n) is 11.5. The number of phenols is 1. The molecule has 5 N–H and O–H groups in total. The molecule has 12 nitrogen and oxygen atoms in total. The Morgan fingerprint density at radius 2 is 1.52 bits per heavy atom. The van der Waals surface area contributed by atoms with Crippen LogP contribution in [0.3, 0.4) is 0 Å². The molecule has 2 aliphatic rings. The van der Waals surface area contributed by atoms with E-state index in [1.54, 1.807) is 65.6 Å². The van der Waals surface area contributed by atoms with Gasteiger partial charge in [-0.25, -0.2) is 4.79 Å². The standard InChI is InChI=1S/C46H52N4O8/c51-40-16-14-38(39-15-17-42(53)48-44(39)40)41(52)28-47-27-32-20-24-50(25-21-32)43(54)31-57-37-13-7-12-36(26-37)46(56,35-10-5-2-6-11-35)45(55)58-30-34-18-22-49(23-19-34)29-33-8-3-1-4-9-33/h1-17,26,32,34,41,47,51-52,56H,18-25,27-31H2,(H,48,53). The molecular weight excluding hydrogens is 737 g/mol. The number of benzene rings is 4. The maximum absolute atomic E-state index is 13.8. The van der Waals surface area contributed by atoms with E-state index in [-0.39, 0.29) is 42.9 Å². The molecule has 0 saturated carbocycles. The predicted octanol–water partition coefficient (Wildman–Crippen LogP) is 4.87. The van der Waals surface area contributed by atoms with Gasteiger partial charge in [-0.15, -0.1) is 0 Å². The lowest BCUT2D eigenvalue weighted by Crippen LogP contribution is -2.43. The molecule has 1 aromatic heterocycles. The Kier molecular flexibility index (Phi) is 13.2. The fraction of sp³-hybridized carbons (Fsp3) is 0.370. The number of pyridine rings is 1. The molecule has 1 amide bonds. The lowest BCUT2D eigenvalue weighted by Gasteiger charge is -2.33. The topological polar surface area (TPSA) is 165 Å². The van der Waals surface area contributed by atoms with Crippen molar-refractivity contribution in [1.29, 1.82) is 0 Å². The quantitative estimate of drug-likeness (QED) is 0.0926. The number of hydrogen-bond donors (Lipinski definition) is 5. The van der Waals surface area contributed by atoms with Crippen LogP contribution < -0.4 is 15.6 Å². The molecule has 3 heterocycles. The number of aliphatic hydroxyl groups excluding tert-OH is 1. The average Bonchev–Trinajstić information content (AvgIpc) is 3.26. The fourth-order valence-corrected chi connectivity index (χ4v) is 8.05. The molecule has 12 heteroatoms. The lowest BCUT2D eigenvalue weighted by atomic mass is 9.86. The third-order valence-corrected chi connectivity index (χ3v) is 11.5. The number of likely N-dealkylation sites (tertiary alicyclic amines) is 2. The molecule has 58 heavy (non-hydrogen) atoms. The van der Waals surface area contributed by atoms with Crippen LogP contribution in [0.1, 0.15) is 54.0 Å². The Balaban J connectivity index is 0.885. The zero-order chi connectivity index (χ0) is 40.5. The minimum atomic E-state index is -2.08. The van der Waals surface area contributed by atoms with E-state index in [1.807, 2.05) is 12.1 Å². The molecule has 5 aromatic rings. The number of carbonyl (C=O) groups is 2. The molecule has 0 radical (unpaired) electrons. The van der Waals surface area contributed by atoms with Gasteiger partial charge in [-0.1, -0.05) is 78.9 Å². The monoisotopic (exact) mass is 788 g/mol. The van der Waals surface area contributed by atoms with Crippen molar-refractivity contribution in [3.05, 3.63) is 142 Å². The van der Waals surface area contributed by atoms with E-state index in [1.165, 1.54) is 17.7 Å². The summed E-state index contributed by atoms with van der Waals surface area (Å²) >= 11 is 0. The largest absolute Gasteiger partial charge is 0.506 e. The molecular formula is C46H52N4O8. The lowest BCUT2D eigenvalue weighted by molar-refractivity contribution is -0.164. The van der Waals surface area contributed by atoms with E-state index >= 15 is 0 Å². The van der Waals surface area contributed by atoms with E-state index < -0.39 is 17.7 Å². The van der Waals surface area contributed by atoms with Gasteiger partial charge in [0.15, 0.2) is 6.61 Å². The van der Waals surface area contributed by atoms with E-state index in [4.69, 9.17) is 9.47 Å². The molecule has 2 atom stereocenters. The van der Waals surface area contributed by atoms with Gasteiger partial charge in [-0.2, -0.15) is 0 Å². The number of nitrogens with zero attached hydrogens (tertiary/aromatic N) is 2. The molecule has 7 rings (SSSR count). The minimum Gasteiger partial charge on any atom is -0.506 e. The van der Waals surface area contributed by atoms with Gasteiger partial charge in [0.05, 0.1) is 18.2 Å². The van der Waals surface area contributed by atoms with Gasteiger partial charge in [0.25, 0.3) is 5.91 Å². The first-order valence-corrected chi connectivity index (χ1v) is 20.1. The highest BCUT2D eigenvalue weighted by molar-refractivity contribution is 5.87. The van der Waals surface area contributed by atoms with Crippen LogP contribution in [0.2, 0.25) is 0 Å². The smallest absolute Gasteiger partial charge is 0.347 e. The zero-order valence-corrected chi connectivity index (χ0v) is 32.6. The number of aliphatic hydroxyl groups is 2. The summed E-state index contributed by atoms with van der Waals surface area (Å²) in [6.45, 7) is 4.82. The summed E-state index contributed by atoms with van der Waals surface area (Å²) in [5.74, 6) is -0.109. The van der Waals surface area contributed by atoms with Crippen molar-refractivity contribution in [3.8, 4) is 11.5 Å². The number of amides is 1. The van der Waals surface area contributed by atoms with Gasteiger partial charge >= 0.3 is 5.97 Å². The molecule has 2 fully saturated rings. The third kappa shape index (κ3) is 9.76. The van der Waals surface area contributed by atoms with E-state index in [0.717, 1.165) is 45.3 Å². The first-order valence-electron chi connectivity index (χ1n) is 20.1. The van der Waals surface area contributed by atoms with Crippen LogP contribution in [0.4, 0.5) is 0 Å². The van der Waals surface area contributed by atoms with Crippen molar-refractivity contribution < 1.29 is 34.4 Å². The summed E-state index contributed by atoms with van der Waals surface area (Å²) in [5.41, 5.74) is 0.434. The number of fused-ring (bicyclic) bond motifs is 1. The molecule has 2 saturated heterocycles. The molecule has 304 valence electrons. The fourth-order valence-electron chi connectivity index (χ4n) is 8.05. The summed E-state index contributed by atoms with van der Waals surface area (Å²) in [5, 5.41) is 37.1. The van der Waals surface area contributed by atoms with Crippen LogP contribution in [0.15, 0.2) is 114 Å². The number of aromatic nitrogens is 1. The van der Waals surface area contributed by atoms with Gasteiger partial charge < -0.3 is 40.0 Å². The first kappa shape index (κ1) is 40.7. The number of carbonyl (C=O) groups excluding carboxylic acids is 2. The second-order valence-corrected chi connectivity index (χ2v) is 15.5. The van der Waals surface area contributed by atoms with E-state index in [0.29, 0.717) is 58.9 Å². The zero-order valence-electron chi connectivity index (χ0n) is 32.6. The van der Waals surface area contributed by atoms with Crippen molar-refractivity contribution in [3.63, 3.8) is 0 Å². The maximum atomic E-state index is 13.8. The van der Waals surface area contributed by atoms with Crippen molar-refractivity contribution >= 4 is 22.8 Å². The molecule has 2 unspecified atom stereocenters. The van der Waals surface area contributed by atoms with Crippen molar-refractivity contribution in [2.75, 3.05) is 52.5 Å². The van der Waals surface area contributed by atoms with Crippen LogP contribution in [-0.4, -0.2) is 94.5 Å². The van der Waals surface area contributed by atoms with E-state index in [9.17, 15) is 29.7 Å². The number of esters is 1. The number of nitrogens with one attached hydrogen (secondary N) is 2. The van der Waals surface area contributed by atoms with Crippen molar-refractivity contribution in [2.24, 2.45) is 11.8 Å². The van der Waals surface area contributed by atoms with Gasteiger partial charge in [0, 0.05) is 43.2 Å². The number of aromatic amines is 1. The Morgan fingerprint density at radius 3 is 2.26 bits per heavy atom. The number of H-pyrrole nitrogens is 1. The van der Waals surface area contributed by atoms with E-state index in [2.05, 4.69) is 39.5 Å². The van der Waals surface area contributed by atoms with Gasteiger partial charge in [-0.05, 0) is 98.1 Å². The minimum absolute atomic E-state index is 0.0543. The summed E-state index contributed by atoms with van der Waals surface area (Å²) < 4.78 is 11.8. The van der Waals surface area contributed by atoms with Crippen LogP contribution in [-0.2, 0) is 26.5 Å². The van der Waals surface area contributed by atoms with Gasteiger partial charge in [-0.3, -0.25) is 14.5 Å². The highest BCUT2D eigenvalue weighted by Crippen LogP contribution is 2.34. The number of ether oxygens (including phenoxy) is 2. The Labute approximate surface area is 338 Å². The number of aromatic hydroxyl groups is 1. The Bertz CT molecular complexity index is 2200. The number of phenolic OH excluding ortho intramolecular Hbond substituents is 1. The molecule has 0 spiro atoms. The number of hydrogen-bond acceptors (Lipinski definition) is 10. The second-order valence-electron chi connectivity index (χ2n) is 15.5. The Hall–Kier alpha value is -5.53. The van der Waals surface area contributed by atoms with Crippen LogP contribution in [0.5, 0.6) is 11.5 Å².